The highest BCUT2D eigenvalue weighted by atomic mass is 16.6. The minimum Gasteiger partial charge on any atom is -0.495 e. The van der Waals surface area contributed by atoms with Gasteiger partial charge in [0.15, 0.2) is 0 Å². The molecule has 0 radical (unpaired) electrons. The summed E-state index contributed by atoms with van der Waals surface area (Å²) in [6, 6.07) is 18.0. The van der Waals surface area contributed by atoms with Gasteiger partial charge >= 0.3 is 19.1 Å². The monoisotopic (exact) mass is 335 g/mol. The molecule has 1 fully saturated rings. The second-order valence-corrected chi connectivity index (χ2v) is 5.87. The summed E-state index contributed by atoms with van der Waals surface area (Å²) in [6.45, 7) is 0.121. The zero-order valence-electron chi connectivity index (χ0n) is 13.9. The Morgan fingerprint density at radius 2 is 1.44 bits per heavy atom. The minimum absolute atomic E-state index is 0.0607. The summed E-state index contributed by atoms with van der Waals surface area (Å²) in [4.78, 5) is 24.9. The van der Waals surface area contributed by atoms with E-state index < -0.39 is 19.1 Å². The minimum atomic E-state index is -0.998. The lowest BCUT2D eigenvalue weighted by molar-refractivity contribution is -0.145. The molecular weight excluding hydrogens is 317 g/mol. The smallest absolute Gasteiger partial charge is 0.495 e. The van der Waals surface area contributed by atoms with Crippen LogP contribution in [0.4, 0.5) is 0 Å². The van der Waals surface area contributed by atoms with Gasteiger partial charge in [0, 0.05) is 0 Å². The van der Waals surface area contributed by atoms with Crippen LogP contribution < -0.4 is 0 Å². The molecule has 3 rings (SSSR count). The molecule has 0 atom stereocenters. The fourth-order valence-electron chi connectivity index (χ4n) is 2.54. The van der Waals surface area contributed by atoms with Crippen molar-refractivity contribution in [2.24, 2.45) is 0 Å². The molecule has 5 nitrogen and oxygen atoms in total. The lowest BCUT2D eigenvalue weighted by atomic mass is 9.88. The molecule has 2 aromatic rings. The zero-order valence-corrected chi connectivity index (χ0v) is 13.9. The van der Waals surface area contributed by atoms with Gasteiger partial charge in [-0.25, -0.2) is 0 Å². The molecule has 0 aliphatic carbocycles. The highest BCUT2D eigenvalue weighted by Gasteiger charge is 2.29. The van der Waals surface area contributed by atoms with Gasteiger partial charge in [0.1, 0.15) is 0 Å². The topological polar surface area (TPSA) is 55.8 Å². The quantitative estimate of drug-likeness (QED) is 0.807. The third kappa shape index (κ3) is 4.81. The van der Waals surface area contributed by atoms with Gasteiger partial charge in [0.05, 0.1) is 13.1 Å². The van der Waals surface area contributed by atoms with E-state index in [9.17, 15) is 9.59 Å². The van der Waals surface area contributed by atoms with Crippen LogP contribution in [0.5, 0.6) is 0 Å². The van der Waals surface area contributed by atoms with Crippen molar-refractivity contribution in [3.63, 3.8) is 0 Å². The number of carbonyl (C=O) groups excluding carboxylic acids is 2. The molecule has 126 valence electrons. The Labute approximate surface area is 147 Å². The van der Waals surface area contributed by atoms with Crippen molar-refractivity contribution in [3.8, 4) is 11.1 Å². The van der Waals surface area contributed by atoms with E-state index in [1.165, 1.54) is 0 Å². The summed E-state index contributed by atoms with van der Waals surface area (Å²) in [5, 5.41) is 0. The van der Waals surface area contributed by atoms with Crippen LogP contribution in [0, 0.1) is 0 Å². The van der Waals surface area contributed by atoms with Crippen LogP contribution >= 0.6 is 0 Å². The van der Waals surface area contributed by atoms with Crippen molar-refractivity contribution >= 4 is 25.1 Å². The molecule has 25 heavy (non-hydrogen) atoms. The Bertz CT molecular complexity index is 754. The van der Waals surface area contributed by atoms with Gasteiger partial charge in [-0.2, -0.15) is 0 Å². The number of benzene rings is 2. The summed E-state index contributed by atoms with van der Waals surface area (Å²) >= 11 is 0. The zero-order chi connectivity index (χ0) is 17.6. The van der Waals surface area contributed by atoms with E-state index in [1.807, 2.05) is 42.5 Å². The molecule has 0 bridgehead atoms. The maximum Gasteiger partial charge on any atom is 0.628 e. The van der Waals surface area contributed by atoms with Gasteiger partial charge in [0.2, 0.25) is 0 Å². The van der Waals surface area contributed by atoms with Crippen molar-refractivity contribution in [2.75, 3.05) is 20.1 Å². The molecule has 6 heteroatoms. The van der Waals surface area contributed by atoms with Crippen LogP contribution in [-0.2, 0) is 18.9 Å². The first-order chi connectivity index (χ1) is 12.1. The molecule has 0 amide bonds. The van der Waals surface area contributed by atoms with Crippen LogP contribution in [0.15, 0.2) is 60.6 Å². The molecule has 0 unspecified atom stereocenters. The normalized spacial score (nSPS) is 16.3. The Balaban J connectivity index is 1.68. The van der Waals surface area contributed by atoms with Crippen molar-refractivity contribution in [1.82, 2.24) is 4.90 Å². The van der Waals surface area contributed by atoms with Crippen molar-refractivity contribution in [1.29, 1.82) is 0 Å². The molecule has 1 heterocycles. The summed E-state index contributed by atoms with van der Waals surface area (Å²) in [5.41, 5.74) is 3.18. The van der Waals surface area contributed by atoms with Crippen molar-refractivity contribution in [2.45, 2.75) is 0 Å². The first-order valence-electron chi connectivity index (χ1n) is 8.01. The predicted molar refractivity (Wildman–Crippen MR) is 96.3 cm³/mol. The fraction of sp³-hybridized carbons (Fsp3) is 0.158. The number of carbonyl (C=O) groups is 2. The Hall–Kier alpha value is -2.86. The Morgan fingerprint density at radius 1 is 0.880 bits per heavy atom. The maximum absolute atomic E-state index is 11.7. The maximum atomic E-state index is 11.7. The standard InChI is InChI=1S/C19H18BNO4/c1-21-13-18(22)24-20(25-19(23)14-21)12-11-15-7-9-17(10-8-15)16-5-3-2-4-6-16/h2-12H,13-14H2,1H3/b12-11+. The second-order valence-electron chi connectivity index (χ2n) is 5.87. The molecular formula is C19H18BNO4. The molecule has 2 aromatic carbocycles. The largest absolute Gasteiger partial charge is 0.628 e. The molecule has 0 saturated carbocycles. The van der Waals surface area contributed by atoms with Gasteiger partial charge in [-0.05, 0) is 29.7 Å². The highest BCUT2D eigenvalue weighted by molar-refractivity contribution is 6.55. The Morgan fingerprint density at radius 3 is 2.04 bits per heavy atom. The third-order valence-electron chi connectivity index (χ3n) is 3.76. The summed E-state index contributed by atoms with van der Waals surface area (Å²) in [5.74, 6) is 0.715. The highest BCUT2D eigenvalue weighted by Crippen LogP contribution is 2.19. The molecule has 1 aliphatic heterocycles. The average molecular weight is 335 g/mol. The van der Waals surface area contributed by atoms with Gasteiger partial charge < -0.3 is 9.31 Å². The first-order valence-corrected chi connectivity index (χ1v) is 8.01. The Kier molecular flexibility index (Phi) is 5.31. The third-order valence-corrected chi connectivity index (χ3v) is 3.76. The fourth-order valence-corrected chi connectivity index (χ4v) is 2.54. The lowest BCUT2D eigenvalue weighted by Crippen LogP contribution is -2.41. The number of nitrogens with zero attached hydrogens (tertiary/aromatic N) is 1. The predicted octanol–water partition coefficient (Wildman–Crippen LogP) is 2.43. The van der Waals surface area contributed by atoms with Gasteiger partial charge in [-0.15, -0.1) is 0 Å². The molecule has 1 saturated heterocycles. The number of likely N-dealkylation sites (N-methyl/N-ethyl adjacent to an activating group) is 1. The van der Waals surface area contributed by atoms with Gasteiger partial charge in [-0.3, -0.25) is 14.5 Å². The van der Waals surface area contributed by atoms with Gasteiger partial charge in [-0.1, -0.05) is 60.7 Å². The van der Waals surface area contributed by atoms with E-state index in [2.05, 4.69) is 12.1 Å². The van der Waals surface area contributed by atoms with Crippen LogP contribution in [0.25, 0.3) is 17.2 Å². The van der Waals surface area contributed by atoms with E-state index in [1.54, 1.807) is 24.0 Å². The number of rotatable bonds is 3. The van der Waals surface area contributed by atoms with Crippen molar-refractivity contribution in [3.05, 3.63) is 66.1 Å². The van der Waals surface area contributed by atoms with E-state index in [0.717, 1.165) is 16.7 Å². The molecule has 0 aromatic heterocycles. The van der Waals surface area contributed by atoms with Gasteiger partial charge in [0.25, 0.3) is 0 Å². The van der Waals surface area contributed by atoms with Crippen LogP contribution in [-0.4, -0.2) is 44.1 Å². The van der Waals surface area contributed by atoms with E-state index >= 15 is 0 Å². The van der Waals surface area contributed by atoms with E-state index in [0.29, 0.717) is 0 Å². The molecule has 1 aliphatic rings. The summed E-state index contributed by atoms with van der Waals surface area (Å²) in [7, 11) is 0.662. The molecule has 0 N–H and O–H groups in total. The average Bonchev–Trinajstić information content (AvgIpc) is 2.59. The summed E-state index contributed by atoms with van der Waals surface area (Å²) < 4.78 is 10.3. The molecule has 0 spiro atoms. The van der Waals surface area contributed by atoms with Crippen LogP contribution in [0.2, 0.25) is 0 Å². The van der Waals surface area contributed by atoms with Crippen molar-refractivity contribution < 1.29 is 18.9 Å². The first kappa shape index (κ1) is 17.0. The van der Waals surface area contributed by atoms with Crippen LogP contribution in [0.1, 0.15) is 5.56 Å². The lowest BCUT2D eigenvalue weighted by Gasteiger charge is -2.21. The second kappa shape index (κ2) is 7.81. The van der Waals surface area contributed by atoms with E-state index in [-0.39, 0.29) is 13.1 Å². The van der Waals surface area contributed by atoms with E-state index in [4.69, 9.17) is 9.31 Å². The SMILES string of the molecule is CN1CC(=O)OB(/C=C/c2ccc(-c3ccccc3)cc2)OC(=O)C1. The number of hydrogen-bond donors (Lipinski definition) is 0. The number of hydrogen-bond acceptors (Lipinski definition) is 5. The summed E-state index contributed by atoms with van der Waals surface area (Å²) in [6.07, 6.45) is 1.77. The van der Waals surface area contributed by atoms with Crippen LogP contribution in [0.3, 0.4) is 0 Å².